The Labute approximate surface area is 119 Å². The Balaban J connectivity index is 1.85. The molecule has 0 saturated carbocycles. The summed E-state index contributed by atoms with van der Waals surface area (Å²) in [6, 6.07) is 10.1. The van der Waals surface area contributed by atoms with E-state index in [0.717, 1.165) is 18.7 Å². The lowest BCUT2D eigenvalue weighted by Gasteiger charge is -2.19. The van der Waals surface area contributed by atoms with Crippen LogP contribution in [0.2, 0.25) is 0 Å². The minimum atomic E-state index is 0.159. The smallest absolute Gasteiger partial charge is 0.0475 e. The van der Waals surface area contributed by atoms with Crippen LogP contribution in [0.4, 0.5) is 0 Å². The van der Waals surface area contributed by atoms with Crippen LogP contribution < -0.4 is 5.32 Å². The number of nitrogens with zero attached hydrogens (tertiary/aromatic N) is 2. The van der Waals surface area contributed by atoms with E-state index >= 15 is 0 Å². The summed E-state index contributed by atoms with van der Waals surface area (Å²) < 4.78 is 0. The topological polar surface area (TPSA) is 58.0 Å². The fourth-order valence-corrected chi connectivity index (χ4v) is 2.13. The van der Waals surface area contributed by atoms with E-state index in [1.807, 2.05) is 30.3 Å². The van der Waals surface area contributed by atoms with Gasteiger partial charge in [0.2, 0.25) is 0 Å². The van der Waals surface area contributed by atoms with Crippen LogP contribution in [0.1, 0.15) is 24.2 Å². The summed E-state index contributed by atoms with van der Waals surface area (Å²) in [6.45, 7) is 3.04. The van der Waals surface area contributed by atoms with Crippen LogP contribution in [0.25, 0.3) is 0 Å². The summed E-state index contributed by atoms with van der Waals surface area (Å²) in [6.07, 6.45) is 6.17. The van der Waals surface area contributed by atoms with Crippen LogP contribution in [-0.4, -0.2) is 28.2 Å². The highest BCUT2D eigenvalue weighted by molar-refractivity contribution is 5.14. The van der Waals surface area contributed by atoms with Crippen LogP contribution >= 0.6 is 0 Å². The van der Waals surface area contributed by atoms with E-state index in [-0.39, 0.29) is 18.6 Å². The monoisotopic (exact) mass is 271 g/mol. The van der Waals surface area contributed by atoms with Crippen molar-refractivity contribution < 1.29 is 5.11 Å². The van der Waals surface area contributed by atoms with Crippen LogP contribution in [0.15, 0.2) is 48.9 Å². The molecule has 106 valence electrons. The van der Waals surface area contributed by atoms with Crippen LogP contribution in [-0.2, 0) is 6.42 Å². The molecule has 0 aliphatic carbocycles. The predicted molar refractivity (Wildman–Crippen MR) is 79.2 cm³/mol. The molecule has 0 amide bonds. The van der Waals surface area contributed by atoms with E-state index in [0.29, 0.717) is 0 Å². The van der Waals surface area contributed by atoms with Gasteiger partial charge in [-0.25, -0.2) is 0 Å². The van der Waals surface area contributed by atoms with Gasteiger partial charge in [0, 0.05) is 43.5 Å². The fourth-order valence-electron chi connectivity index (χ4n) is 2.13. The number of aliphatic hydroxyl groups is 1. The standard InChI is InChI=1S/C16H21N3O/c1-13(15-5-8-17-9-6-15)19-11-14(12-20)10-16-4-2-3-7-18-16/h2-9,13-14,19-20H,10-12H2,1H3. The molecule has 2 N–H and O–H groups in total. The molecule has 0 radical (unpaired) electrons. The zero-order valence-electron chi connectivity index (χ0n) is 11.7. The molecule has 0 spiro atoms. The SMILES string of the molecule is CC(NCC(CO)Cc1ccccn1)c1ccncc1. The maximum Gasteiger partial charge on any atom is 0.0475 e. The Morgan fingerprint density at radius 2 is 1.95 bits per heavy atom. The predicted octanol–water partition coefficient (Wildman–Crippen LogP) is 1.98. The van der Waals surface area contributed by atoms with Gasteiger partial charge in [-0.1, -0.05) is 6.07 Å². The third-order valence-corrected chi connectivity index (χ3v) is 3.40. The van der Waals surface area contributed by atoms with Gasteiger partial charge < -0.3 is 10.4 Å². The summed E-state index contributed by atoms with van der Waals surface area (Å²) in [4.78, 5) is 8.32. The molecule has 2 atom stereocenters. The van der Waals surface area contributed by atoms with E-state index in [2.05, 4.69) is 22.2 Å². The zero-order chi connectivity index (χ0) is 14.2. The highest BCUT2D eigenvalue weighted by atomic mass is 16.3. The molecule has 0 aliphatic heterocycles. The Kier molecular flexibility index (Phi) is 5.65. The van der Waals surface area contributed by atoms with E-state index in [9.17, 15) is 5.11 Å². The van der Waals surface area contributed by atoms with Crippen LogP contribution in [0.3, 0.4) is 0 Å². The number of aliphatic hydroxyl groups excluding tert-OH is 1. The number of hydrogen-bond acceptors (Lipinski definition) is 4. The largest absolute Gasteiger partial charge is 0.396 e. The van der Waals surface area contributed by atoms with Gasteiger partial charge in [-0.3, -0.25) is 9.97 Å². The Morgan fingerprint density at radius 3 is 2.60 bits per heavy atom. The average molecular weight is 271 g/mol. The lowest BCUT2D eigenvalue weighted by molar-refractivity contribution is 0.218. The van der Waals surface area contributed by atoms with Gasteiger partial charge in [0.15, 0.2) is 0 Å². The molecule has 2 unspecified atom stereocenters. The second-order valence-electron chi connectivity index (χ2n) is 4.98. The second-order valence-corrected chi connectivity index (χ2v) is 4.98. The second kappa shape index (κ2) is 7.72. The molecular formula is C16H21N3O. The Bertz CT molecular complexity index is 490. The first-order chi connectivity index (χ1) is 9.79. The van der Waals surface area contributed by atoms with Crippen molar-refractivity contribution in [2.45, 2.75) is 19.4 Å². The first-order valence-corrected chi connectivity index (χ1v) is 6.93. The minimum Gasteiger partial charge on any atom is -0.396 e. The minimum absolute atomic E-state index is 0.159. The van der Waals surface area contributed by atoms with Crippen LogP contribution in [0, 0.1) is 5.92 Å². The van der Waals surface area contributed by atoms with Crippen molar-refractivity contribution in [3.05, 3.63) is 60.2 Å². The molecule has 0 saturated heterocycles. The van der Waals surface area contributed by atoms with Gasteiger partial charge in [-0.05, 0) is 49.1 Å². The van der Waals surface area contributed by atoms with Crippen molar-refractivity contribution in [2.24, 2.45) is 5.92 Å². The number of rotatable bonds is 7. The van der Waals surface area contributed by atoms with Gasteiger partial charge in [0.25, 0.3) is 0 Å². The van der Waals surface area contributed by atoms with E-state index in [4.69, 9.17) is 0 Å². The Morgan fingerprint density at radius 1 is 1.15 bits per heavy atom. The summed E-state index contributed by atoms with van der Waals surface area (Å²) >= 11 is 0. The molecule has 4 heteroatoms. The van der Waals surface area contributed by atoms with Gasteiger partial charge in [-0.15, -0.1) is 0 Å². The van der Waals surface area contributed by atoms with Gasteiger partial charge >= 0.3 is 0 Å². The number of hydrogen-bond donors (Lipinski definition) is 2. The van der Waals surface area contributed by atoms with Crippen LogP contribution in [0.5, 0.6) is 0 Å². The maximum absolute atomic E-state index is 9.49. The number of nitrogens with one attached hydrogen (secondary N) is 1. The molecule has 0 aromatic carbocycles. The zero-order valence-corrected chi connectivity index (χ0v) is 11.7. The van der Waals surface area contributed by atoms with Crippen molar-refractivity contribution in [3.63, 3.8) is 0 Å². The quantitative estimate of drug-likeness (QED) is 0.808. The average Bonchev–Trinajstić information content (AvgIpc) is 2.53. The summed E-state index contributed by atoms with van der Waals surface area (Å²) in [7, 11) is 0. The molecule has 2 heterocycles. The van der Waals surface area contributed by atoms with E-state index in [1.165, 1.54) is 5.56 Å². The molecule has 2 aromatic heterocycles. The summed E-state index contributed by atoms with van der Waals surface area (Å²) in [5.74, 6) is 0.175. The van der Waals surface area contributed by atoms with Gasteiger partial charge in [0.05, 0.1) is 0 Å². The molecule has 0 bridgehead atoms. The number of pyridine rings is 2. The molecule has 2 rings (SSSR count). The molecule has 2 aromatic rings. The van der Waals surface area contributed by atoms with Crippen molar-refractivity contribution in [2.75, 3.05) is 13.2 Å². The highest BCUT2D eigenvalue weighted by Crippen LogP contribution is 2.12. The first-order valence-electron chi connectivity index (χ1n) is 6.93. The molecular weight excluding hydrogens is 250 g/mol. The van der Waals surface area contributed by atoms with Crippen molar-refractivity contribution >= 4 is 0 Å². The number of aromatic nitrogens is 2. The van der Waals surface area contributed by atoms with E-state index in [1.54, 1.807) is 18.6 Å². The lowest BCUT2D eigenvalue weighted by Crippen LogP contribution is -2.29. The highest BCUT2D eigenvalue weighted by Gasteiger charge is 2.11. The van der Waals surface area contributed by atoms with Crippen molar-refractivity contribution in [1.82, 2.24) is 15.3 Å². The lowest BCUT2D eigenvalue weighted by atomic mass is 10.0. The van der Waals surface area contributed by atoms with Crippen molar-refractivity contribution in [3.8, 4) is 0 Å². The van der Waals surface area contributed by atoms with Crippen molar-refractivity contribution in [1.29, 1.82) is 0 Å². The first kappa shape index (κ1) is 14.6. The summed E-state index contributed by atoms with van der Waals surface area (Å²) in [5, 5.41) is 12.9. The Hall–Kier alpha value is -1.78. The molecule has 0 fully saturated rings. The fraction of sp³-hybridized carbons (Fsp3) is 0.375. The molecule has 4 nitrogen and oxygen atoms in total. The third kappa shape index (κ3) is 4.40. The van der Waals surface area contributed by atoms with E-state index < -0.39 is 0 Å². The summed E-state index contributed by atoms with van der Waals surface area (Å²) in [5.41, 5.74) is 2.22. The van der Waals surface area contributed by atoms with Gasteiger partial charge in [-0.2, -0.15) is 0 Å². The third-order valence-electron chi connectivity index (χ3n) is 3.40. The normalized spacial score (nSPS) is 13.9. The molecule has 0 aliphatic rings. The maximum atomic E-state index is 9.49. The van der Waals surface area contributed by atoms with Gasteiger partial charge in [0.1, 0.15) is 0 Å². The molecule has 20 heavy (non-hydrogen) atoms.